The normalized spacial score (nSPS) is 10.8. The van der Waals surface area contributed by atoms with Crippen LogP contribution in [0.2, 0.25) is 0 Å². The number of rotatable bonds is 5. The van der Waals surface area contributed by atoms with Crippen LogP contribution in [-0.4, -0.2) is 38.3 Å². The molecular formula is C19H14BrN5O2S. The monoisotopic (exact) mass is 455 g/mol. The molecule has 0 bridgehead atoms. The predicted molar refractivity (Wildman–Crippen MR) is 109 cm³/mol. The summed E-state index contributed by atoms with van der Waals surface area (Å²) >= 11 is 4.94. The summed E-state index contributed by atoms with van der Waals surface area (Å²) < 4.78 is 5.71. The molecule has 140 valence electrons. The lowest BCUT2D eigenvalue weighted by Gasteiger charge is -2.00. The number of hydrogen-bond donors (Lipinski definition) is 0. The molecule has 2 aromatic heterocycles. The summed E-state index contributed by atoms with van der Waals surface area (Å²) in [5.41, 5.74) is 3.19. The minimum atomic E-state index is -0.356. The SMILES string of the molecule is COC(=O)c1ccc(-c2nc(Cn3nnc(-c4ccc(Br)cc4)n3)cs2)cc1. The van der Waals surface area contributed by atoms with E-state index in [-0.39, 0.29) is 5.97 Å². The Bertz CT molecular complexity index is 1110. The number of ether oxygens (including phenoxy) is 1. The van der Waals surface area contributed by atoms with E-state index in [1.807, 2.05) is 41.8 Å². The third-order valence-electron chi connectivity index (χ3n) is 3.96. The van der Waals surface area contributed by atoms with Crippen molar-refractivity contribution >= 4 is 33.2 Å². The topological polar surface area (TPSA) is 82.8 Å². The maximum absolute atomic E-state index is 11.5. The number of esters is 1. The first kappa shape index (κ1) is 18.5. The second-order valence-electron chi connectivity index (χ2n) is 5.86. The van der Waals surface area contributed by atoms with Gasteiger partial charge >= 0.3 is 5.97 Å². The summed E-state index contributed by atoms with van der Waals surface area (Å²) in [4.78, 5) is 17.7. The molecule has 0 spiro atoms. The van der Waals surface area contributed by atoms with Crippen molar-refractivity contribution in [2.24, 2.45) is 0 Å². The predicted octanol–water partition coefficient (Wildman–Crippen LogP) is 4.06. The van der Waals surface area contributed by atoms with E-state index in [4.69, 9.17) is 4.74 Å². The summed E-state index contributed by atoms with van der Waals surface area (Å²) in [5, 5.41) is 15.5. The van der Waals surface area contributed by atoms with Crippen molar-refractivity contribution in [3.05, 3.63) is 69.6 Å². The van der Waals surface area contributed by atoms with Gasteiger partial charge in [0.25, 0.3) is 0 Å². The summed E-state index contributed by atoms with van der Waals surface area (Å²) in [6.45, 7) is 0.431. The zero-order valence-corrected chi connectivity index (χ0v) is 17.1. The highest BCUT2D eigenvalue weighted by atomic mass is 79.9. The van der Waals surface area contributed by atoms with E-state index >= 15 is 0 Å². The lowest BCUT2D eigenvalue weighted by Crippen LogP contribution is -2.04. The maximum Gasteiger partial charge on any atom is 0.337 e. The molecule has 0 aliphatic heterocycles. The van der Waals surface area contributed by atoms with Gasteiger partial charge in [0.05, 0.1) is 18.4 Å². The number of thiazole rings is 1. The van der Waals surface area contributed by atoms with Gasteiger partial charge in [-0.25, -0.2) is 9.78 Å². The second-order valence-corrected chi connectivity index (χ2v) is 7.64. The van der Waals surface area contributed by atoms with Gasteiger partial charge in [-0.1, -0.05) is 28.1 Å². The van der Waals surface area contributed by atoms with E-state index in [2.05, 4.69) is 36.3 Å². The minimum absolute atomic E-state index is 0.356. The largest absolute Gasteiger partial charge is 0.465 e. The Kier molecular flexibility index (Phi) is 5.27. The molecule has 2 aromatic carbocycles. The number of carbonyl (C=O) groups is 1. The van der Waals surface area contributed by atoms with Crippen LogP contribution in [-0.2, 0) is 11.3 Å². The van der Waals surface area contributed by atoms with E-state index in [0.717, 1.165) is 26.3 Å². The number of halogens is 1. The fourth-order valence-corrected chi connectivity index (χ4v) is 3.63. The highest BCUT2D eigenvalue weighted by molar-refractivity contribution is 9.10. The Hall–Kier alpha value is -2.91. The number of nitrogens with zero attached hydrogens (tertiary/aromatic N) is 5. The number of benzene rings is 2. The van der Waals surface area contributed by atoms with Crippen LogP contribution >= 0.6 is 27.3 Å². The summed E-state index contributed by atoms with van der Waals surface area (Å²) in [7, 11) is 1.36. The third-order valence-corrected chi connectivity index (χ3v) is 5.43. The lowest BCUT2D eigenvalue weighted by molar-refractivity contribution is 0.0601. The molecule has 4 rings (SSSR count). The molecule has 0 atom stereocenters. The molecule has 0 N–H and O–H groups in total. The number of carbonyl (C=O) groups excluding carboxylic acids is 1. The molecular weight excluding hydrogens is 442 g/mol. The van der Waals surface area contributed by atoms with Crippen molar-refractivity contribution in [3.8, 4) is 22.0 Å². The standard InChI is InChI=1S/C19H14BrN5O2S/c1-27-19(26)14-4-2-13(3-5-14)18-21-16(11-28-18)10-25-23-17(22-24-25)12-6-8-15(20)9-7-12/h2-9,11H,10H2,1H3. The number of methoxy groups -OCH3 is 1. The second kappa shape index (κ2) is 7.99. The van der Waals surface area contributed by atoms with Crippen molar-refractivity contribution in [1.29, 1.82) is 0 Å². The molecule has 0 aliphatic rings. The van der Waals surface area contributed by atoms with Crippen LogP contribution in [0.3, 0.4) is 0 Å². The average Bonchev–Trinajstić information content (AvgIpc) is 3.38. The molecule has 28 heavy (non-hydrogen) atoms. The lowest BCUT2D eigenvalue weighted by atomic mass is 10.1. The molecule has 2 heterocycles. The van der Waals surface area contributed by atoms with Crippen LogP contribution in [0.15, 0.2) is 58.4 Å². The molecule has 0 saturated carbocycles. The van der Waals surface area contributed by atoms with Gasteiger partial charge < -0.3 is 4.74 Å². The van der Waals surface area contributed by atoms with Gasteiger partial charge in [0, 0.05) is 21.0 Å². The molecule has 0 unspecified atom stereocenters. The Balaban J connectivity index is 1.48. The van der Waals surface area contributed by atoms with Crippen LogP contribution < -0.4 is 0 Å². The van der Waals surface area contributed by atoms with E-state index in [9.17, 15) is 4.79 Å². The molecule has 7 nitrogen and oxygen atoms in total. The van der Waals surface area contributed by atoms with Crippen molar-refractivity contribution in [1.82, 2.24) is 25.2 Å². The van der Waals surface area contributed by atoms with Crippen LogP contribution in [0.25, 0.3) is 22.0 Å². The fraction of sp³-hybridized carbons (Fsp3) is 0.105. The molecule has 0 radical (unpaired) electrons. The van der Waals surface area contributed by atoms with Gasteiger partial charge in [0.2, 0.25) is 5.82 Å². The average molecular weight is 456 g/mol. The zero-order valence-electron chi connectivity index (χ0n) is 14.7. The van der Waals surface area contributed by atoms with Gasteiger partial charge in [0.1, 0.15) is 11.6 Å². The van der Waals surface area contributed by atoms with Crippen molar-refractivity contribution in [3.63, 3.8) is 0 Å². The Morgan fingerprint density at radius 3 is 2.54 bits per heavy atom. The van der Waals surface area contributed by atoms with E-state index in [0.29, 0.717) is 17.9 Å². The van der Waals surface area contributed by atoms with Crippen molar-refractivity contribution in [2.45, 2.75) is 6.54 Å². The molecule has 4 aromatic rings. The number of aromatic nitrogens is 5. The highest BCUT2D eigenvalue weighted by Crippen LogP contribution is 2.24. The summed E-state index contributed by atoms with van der Waals surface area (Å²) in [6.07, 6.45) is 0. The van der Waals surface area contributed by atoms with Gasteiger partial charge in [-0.3, -0.25) is 0 Å². The van der Waals surface area contributed by atoms with E-state index in [1.54, 1.807) is 12.1 Å². The number of tetrazole rings is 1. The van der Waals surface area contributed by atoms with E-state index < -0.39 is 0 Å². The number of hydrogen-bond acceptors (Lipinski definition) is 7. The van der Waals surface area contributed by atoms with E-state index in [1.165, 1.54) is 23.2 Å². The zero-order chi connectivity index (χ0) is 19.5. The fourth-order valence-electron chi connectivity index (χ4n) is 2.55. The maximum atomic E-state index is 11.5. The van der Waals surface area contributed by atoms with Gasteiger partial charge in [-0.15, -0.1) is 21.5 Å². The van der Waals surface area contributed by atoms with Crippen molar-refractivity contribution < 1.29 is 9.53 Å². The minimum Gasteiger partial charge on any atom is -0.465 e. The smallest absolute Gasteiger partial charge is 0.337 e. The molecule has 9 heteroatoms. The first-order chi connectivity index (χ1) is 13.6. The summed E-state index contributed by atoms with van der Waals surface area (Å²) in [6, 6.07) is 14.9. The Morgan fingerprint density at radius 2 is 1.82 bits per heavy atom. The molecule has 0 amide bonds. The molecule has 0 aliphatic carbocycles. The molecule has 0 saturated heterocycles. The van der Waals surface area contributed by atoms with Crippen molar-refractivity contribution in [2.75, 3.05) is 7.11 Å². The van der Waals surface area contributed by atoms with Crippen LogP contribution in [0.1, 0.15) is 16.1 Å². The van der Waals surface area contributed by atoms with Gasteiger partial charge in [-0.05, 0) is 41.6 Å². The Morgan fingerprint density at radius 1 is 1.11 bits per heavy atom. The van der Waals surface area contributed by atoms with Crippen LogP contribution in [0.5, 0.6) is 0 Å². The van der Waals surface area contributed by atoms with Gasteiger partial charge in [0.15, 0.2) is 0 Å². The van der Waals surface area contributed by atoms with Crippen LogP contribution in [0, 0.1) is 0 Å². The first-order valence-corrected chi connectivity index (χ1v) is 9.96. The third kappa shape index (κ3) is 4.00. The Labute approximate surface area is 173 Å². The highest BCUT2D eigenvalue weighted by Gasteiger charge is 2.11. The molecule has 0 fully saturated rings. The quantitative estimate of drug-likeness (QED) is 0.422. The summed E-state index contributed by atoms with van der Waals surface area (Å²) in [5.74, 6) is 0.214. The first-order valence-electron chi connectivity index (χ1n) is 8.29. The van der Waals surface area contributed by atoms with Gasteiger partial charge in [-0.2, -0.15) is 4.80 Å². The van der Waals surface area contributed by atoms with Crippen LogP contribution in [0.4, 0.5) is 0 Å².